The number of imidazole rings is 1. The molecule has 1 aliphatic rings. The van der Waals surface area contributed by atoms with E-state index in [-0.39, 0.29) is 18.2 Å². The van der Waals surface area contributed by atoms with Crippen molar-refractivity contribution in [1.82, 2.24) is 18.7 Å². The number of carbonyl (C=O) groups excluding carboxylic acids is 1. The summed E-state index contributed by atoms with van der Waals surface area (Å²) in [5.74, 6) is 2.03. The van der Waals surface area contributed by atoms with Crippen LogP contribution >= 0.6 is 0 Å². The molecule has 3 heterocycles. The molecule has 0 amide bonds. The third kappa shape index (κ3) is 3.68. The minimum atomic E-state index is -0.551. The Morgan fingerprint density at radius 2 is 1.71 bits per heavy atom. The summed E-state index contributed by atoms with van der Waals surface area (Å²) < 4.78 is 10.1. The molecule has 0 fully saturated rings. The standard InChI is InChI=1S/C25H25N5O4/c1-16-13-28(18-9-11-20(12-10-18)34-19-7-5-4-6-8-19)24-26-22-21(29(24)14-16)23(32)30(15-17(2)31)25(33)27(22)3/h4-12,16H,13-15H2,1-3H3. The Bertz CT molecular complexity index is 1500. The molecule has 9 heteroatoms. The van der Waals surface area contributed by atoms with Crippen LogP contribution in [0.2, 0.25) is 0 Å². The molecule has 1 aliphatic heterocycles. The Balaban J connectivity index is 1.58. The second-order valence-corrected chi connectivity index (χ2v) is 8.75. The first-order valence-corrected chi connectivity index (χ1v) is 11.1. The maximum atomic E-state index is 13.2. The molecule has 0 aliphatic carbocycles. The van der Waals surface area contributed by atoms with E-state index >= 15 is 0 Å². The molecule has 2 aromatic carbocycles. The molecule has 5 rings (SSSR count). The molecule has 2 aromatic heterocycles. The van der Waals surface area contributed by atoms with Crippen LogP contribution in [-0.4, -0.2) is 31.0 Å². The normalized spacial score (nSPS) is 15.4. The number of benzene rings is 2. The van der Waals surface area contributed by atoms with Crippen LogP contribution in [0.15, 0.2) is 64.2 Å². The summed E-state index contributed by atoms with van der Waals surface area (Å²) in [6.07, 6.45) is 0. The molecule has 0 bridgehead atoms. The van der Waals surface area contributed by atoms with Gasteiger partial charge < -0.3 is 14.2 Å². The minimum absolute atomic E-state index is 0.225. The fraction of sp³-hybridized carbons (Fsp3) is 0.280. The fourth-order valence-corrected chi connectivity index (χ4v) is 4.40. The molecule has 1 unspecified atom stereocenters. The van der Waals surface area contributed by atoms with E-state index < -0.39 is 11.2 Å². The number of anilines is 2. The maximum Gasteiger partial charge on any atom is 0.332 e. The van der Waals surface area contributed by atoms with Gasteiger partial charge >= 0.3 is 5.69 Å². The lowest BCUT2D eigenvalue weighted by Crippen LogP contribution is -2.41. The summed E-state index contributed by atoms with van der Waals surface area (Å²) in [6, 6.07) is 17.2. The van der Waals surface area contributed by atoms with Crippen molar-refractivity contribution in [3.8, 4) is 11.5 Å². The number of aromatic nitrogens is 4. The van der Waals surface area contributed by atoms with Crippen molar-refractivity contribution in [2.75, 3.05) is 11.4 Å². The van der Waals surface area contributed by atoms with E-state index in [2.05, 4.69) is 6.92 Å². The number of carbonyl (C=O) groups is 1. The lowest BCUT2D eigenvalue weighted by atomic mass is 10.1. The van der Waals surface area contributed by atoms with Crippen LogP contribution in [0.1, 0.15) is 13.8 Å². The quantitative estimate of drug-likeness (QED) is 0.456. The lowest BCUT2D eigenvalue weighted by Gasteiger charge is -2.33. The van der Waals surface area contributed by atoms with Crippen LogP contribution in [0, 0.1) is 5.92 Å². The molecule has 0 saturated carbocycles. The number of para-hydroxylation sites is 1. The van der Waals surface area contributed by atoms with Gasteiger partial charge in [0.05, 0.1) is 6.54 Å². The third-order valence-electron chi connectivity index (χ3n) is 5.95. The summed E-state index contributed by atoms with van der Waals surface area (Å²) in [5.41, 5.74) is 0.502. The zero-order chi connectivity index (χ0) is 24.0. The van der Waals surface area contributed by atoms with Crippen LogP contribution in [0.25, 0.3) is 11.2 Å². The van der Waals surface area contributed by atoms with E-state index in [0.717, 1.165) is 16.0 Å². The lowest BCUT2D eigenvalue weighted by molar-refractivity contribution is -0.117. The largest absolute Gasteiger partial charge is 0.457 e. The monoisotopic (exact) mass is 459 g/mol. The van der Waals surface area contributed by atoms with Crippen LogP contribution in [0.4, 0.5) is 11.6 Å². The smallest absolute Gasteiger partial charge is 0.332 e. The van der Waals surface area contributed by atoms with Crippen molar-refractivity contribution in [3.63, 3.8) is 0 Å². The summed E-state index contributed by atoms with van der Waals surface area (Å²) >= 11 is 0. The Morgan fingerprint density at radius 3 is 2.38 bits per heavy atom. The highest BCUT2D eigenvalue weighted by atomic mass is 16.5. The highest BCUT2D eigenvalue weighted by Gasteiger charge is 2.30. The molecule has 174 valence electrons. The predicted octanol–water partition coefficient (Wildman–Crippen LogP) is 3.07. The van der Waals surface area contributed by atoms with Gasteiger partial charge in [-0.15, -0.1) is 0 Å². The van der Waals surface area contributed by atoms with Crippen molar-refractivity contribution >= 4 is 28.6 Å². The molecule has 0 saturated heterocycles. The molecular formula is C25H25N5O4. The Kier molecular flexibility index (Phi) is 5.31. The third-order valence-corrected chi connectivity index (χ3v) is 5.95. The summed E-state index contributed by atoms with van der Waals surface area (Å²) in [5, 5.41) is 0. The van der Waals surface area contributed by atoms with Gasteiger partial charge in [0.25, 0.3) is 5.56 Å². The first kappa shape index (κ1) is 21.7. The summed E-state index contributed by atoms with van der Waals surface area (Å²) in [7, 11) is 1.57. The zero-order valence-electron chi connectivity index (χ0n) is 19.3. The van der Waals surface area contributed by atoms with Gasteiger partial charge in [0, 0.05) is 25.8 Å². The van der Waals surface area contributed by atoms with Crippen molar-refractivity contribution in [2.45, 2.75) is 26.9 Å². The number of fused-ring (bicyclic) bond motifs is 3. The average molecular weight is 460 g/mol. The van der Waals surface area contributed by atoms with Gasteiger partial charge in [0.1, 0.15) is 17.3 Å². The Hall–Kier alpha value is -4.14. The molecule has 1 atom stereocenters. The van der Waals surface area contributed by atoms with E-state index in [9.17, 15) is 14.4 Å². The van der Waals surface area contributed by atoms with Crippen LogP contribution < -0.4 is 20.9 Å². The number of rotatable bonds is 5. The number of hydrogen-bond donors (Lipinski definition) is 0. The number of Topliss-reactive ketones (excluding diaryl/α,β-unsaturated/α-hetero) is 1. The second kappa shape index (κ2) is 8.33. The van der Waals surface area contributed by atoms with Gasteiger partial charge in [-0.05, 0) is 49.2 Å². The fourth-order valence-electron chi connectivity index (χ4n) is 4.40. The predicted molar refractivity (Wildman–Crippen MR) is 129 cm³/mol. The summed E-state index contributed by atoms with van der Waals surface area (Å²) in [4.78, 5) is 44.4. The summed E-state index contributed by atoms with van der Waals surface area (Å²) in [6.45, 7) is 4.49. The molecule has 4 aromatic rings. The van der Waals surface area contributed by atoms with Gasteiger partial charge in [-0.2, -0.15) is 4.98 Å². The van der Waals surface area contributed by atoms with Crippen molar-refractivity contribution in [2.24, 2.45) is 13.0 Å². The average Bonchev–Trinajstić information content (AvgIpc) is 3.20. The van der Waals surface area contributed by atoms with Gasteiger partial charge in [-0.1, -0.05) is 25.1 Å². The van der Waals surface area contributed by atoms with Gasteiger partial charge in [0.2, 0.25) is 5.95 Å². The van der Waals surface area contributed by atoms with Crippen LogP contribution in [-0.2, 0) is 24.9 Å². The topological polar surface area (TPSA) is 91.4 Å². The number of ketones is 1. The first-order valence-electron chi connectivity index (χ1n) is 11.1. The first-order chi connectivity index (χ1) is 16.3. The van der Waals surface area contributed by atoms with Gasteiger partial charge in [0.15, 0.2) is 11.2 Å². The number of aryl methyl sites for hydroxylation is 1. The maximum absolute atomic E-state index is 13.2. The minimum Gasteiger partial charge on any atom is -0.457 e. The van der Waals surface area contributed by atoms with Crippen LogP contribution in [0.5, 0.6) is 11.5 Å². The molecule has 0 radical (unpaired) electrons. The van der Waals surface area contributed by atoms with E-state index in [4.69, 9.17) is 9.72 Å². The Morgan fingerprint density at radius 1 is 1.03 bits per heavy atom. The molecular weight excluding hydrogens is 434 g/mol. The van der Waals surface area contributed by atoms with Crippen LogP contribution in [0.3, 0.4) is 0 Å². The highest BCUT2D eigenvalue weighted by molar-refractivity contribution is 5.78. The highest BCUT2D eigenvalue weighted by Crippen LogP contribution is 2.34. The second-order valence-electron chi connectivity index (χ2n) is 8.75. The van der Waals surface area contributed by atoms with Crippen molar-refractivity contribution < 1.29 is 9.53 Å². The van der Waals surface area contributed by atoms with E-state index in [1.165, 1.54) is 11.5 Å². The van der Waals surface area contributed by atoms with E-state index in [1.54, 1.807) is 7.05 Å². The number of nitrogens with zero attached hydrogens (tertiary/aromatic N) is 5. The number of hydrogen-bond acceptors (Lipinski definition) is 6. The molecule has 0 spiro atoms. The molecule has 34 heavy (non-hydrogen) atoms. The van der Waals surface area contributed by atoms with E-state index in [0.29, 0.717) is 36.0 Å². The Labute approximate surface area is 195 Å². The molecule has 9 nitrogen and oxygen atoms in total. The van der Waals surface area contributed by atoms with Gasteiger partial charge in [-0.3, -0.25) is 18.7 Å². The zero-order valence-corrected chi connectivity index (χ0v) is 19.3. The van der Waals surface area contributed by atoms with Crippen molar-refractivity contribution in [3.05, 3.63) is 75.4 Å². The number of ether oxygens (including phenoxy) is 1. The van der Waals surface area contributed by atoms with Crippen molar-refractivity contribution in [1.29, 1.82) is 0 Å². The molecule has 0 N–H and O–H groups in total. The van der Waals surface area contributed by atoms with Gasteiger partial charge in [-0.25, -0.2) is 4.79 Å². The van der Waals surface area contributed by atoms with E-state index in [1.807, 2.05) is 64.1 Å². The SMILES string of the molecule is CC(=O)Cn1c(=O)c2c(nc3n2CC(C)CN3c2ccc(Oc3ccccc3)cc2)n(C)c1=O.